The number of carboxylic acid groups (broad SMARTS) is 10. The minimum atomic E-state index is -2.19. The number of halogens is 2. The number of likely N-dealkylation sites (tertiary alicyclic amines) is 2. The molecule has 0 radical (unpaired) electrons. The molecule has 0 spiro atoms. The van der Waals surface area contributed by atoms with Crippen LogP contribution in [0, 0.1) is 23.5 Å². The van der Waals surface area contributed by atoms with Crippen molar-refractivity contribution in [2.75, 3.05) is 52.4 Å². The molecule has 2 amide bonds. The summed E-state index contributed by atoms with van der Waals surface area (Å²) >= 11 is 3.25. The number of hydrogen-bond acceptors (Lipinski definition) is 28. The number of aliphatic carboxylic acids is 10. The van der Waals surface area contributed by atoms with Gasteiger partial charge >= 0.3 is 0 Å². The van der Waals surface area contributed by atoms with Crippen LogP contribution in [0.15, 0.2) is 131 Å². The number of benzene rings is 4. The van der Waals surface area contributed by atoms with E-state index in [0.29, 0.717) is 50.9 Å². The molecule has 2 aliphatic heterocycles. The second kappa shape index (κ2) is 42.3. The van der Waals surface area contributed by atoms with Gasteiger partial charge in [-0.1, -0.05) is 48.5 Å². The smallest absolute Gasteiger partial charge is 0.224 e. The molecule has 4 aromatic carbocycles. The van der Waals surface area contributed by atoms with Crippen LogP contribution in [0.5, 0.6) is 0 Å². The predicted octanol–water partition coefficient (Wildman–Crippen LogP) is -7.77. The van der Waals surface area contributed by atoms with Gasteiger partial charge in [0.2, 0.25) is 11.8 Å². The highest BCUT2D eigenvalue weighted by Crippen LogP contribution is 2.27. The third kappa shape index (κ3) is 30.4. The first-order valence-electron chi connectivity index (χ1n) is 30.0. The van der Waals surface area contributed by atoms with E-state index < -0.39 is 59.7 Å². The number of carboxylic acids is 10. The summed E-state index contributed by atoms with van der Waals surface area (Å²) < 4.78 is 31.4. The first-order valence-corrected chi connectivity index (χ1v) is 31.9. The van der Waals surface area contributed by atoms with Crippen molar-refractivity contribution in [3.8, 4) is 0 Å². The quantitative estimate of drug-likeness (QED) is 0.0754. The van der Waals surface area contributed by atoms with Crippen molar-refractivity contribution in [2.45, 2.75) is 64.5 Å². The summed E-state index contributed by atoms with van der Waals surface area (Å²) in [5.74, 6) is -18.7. The van der Waals surface area contributed by atoms with Crippen LogP contribution in [-0.2, 0) is 96.3 Å². The van der Waals surface area contributed by atoms with Gasteiger partial charge in [-0.15, -0.1) is 0 Å². The second-order valence-electron chi connectivity index (χ2n) is 21.6. The molecule has 6 heterocycles. The van der Waals surface area contributed by atoms with E-state index in [4.69, 9.17) is 109 Å². The number of carbonyl (C=O) groups excluding carboxylic acids is 12. The third-order valence-corrected chi connectivity index (χ3v) is 16.0. The van der Waals surface area contributed by atoms with Crippen LogP contribution in [-0.4, -0.2) is 153 Å². The summed E-state index contributed by atoms with van der Waals surface area (Å²) in [5.41, 5.74) is 8.60. The Labute approximate surface area is 575 Å². The van der Waals surface area contributed by atoms with Crippen LogP contribution < -0.4 is 61.7 Å². The molecule has 0 bridgehead atoms. The molecule has 4 aromatic heterocycles. The number of nitrogens with zero attached hydrogens (tertiary/aromatic N) is 6. The van der Waals surface area contributed by atoms with E-state index in [1.54, 1.807) is 22.7 Å². The van der Waals surface area contributed by atoms with E-state index >= 15 is 0 Å². The molecule has 0 unspecified atom stereocenters. The van der Waals surface area contributed by atoms with Crippen molar-refractivity contribution in [1.29, 1.82) is 0 Å². The zero-order valence-electron chi connectivity index (χ0n) is 52.8. The summed E-state index contributed by atoms with van der Waals surface area (Å²) in [4.78, 5) is 128. The average Bonchev–Trinajstić information content (AvgIpc) is 1.65. The maximum atomic E-state index is 13.4. The number of fused-ring (bicyclic) bond motifs is 2. The van der Waals surface area contributed by atoms with E-state index in [1.165, 1.54) is 24.3 Å². The maximum Gasteiger partial charge on any atom is 0.224 e. The number of aromatic nitrogens is 4. The Morgan fingerprint density at radius 1 is 0.400 bits per heavy atom. The Morgan fingerprint density at radius 2 is 0.690 bits per heavy atom. The summed E-state index contributed by atoms with van der Waals surface area (Å²) in [6.07, 6.45) is 7.33. The molecule has 10 rings (SSSR count). The number of thiophene rings is 2. The Hall–Kier alpha value is -11.4. The lowest BCUT2D eigenvalue weighted by Crippen LogP contribution is -2.42. The Kier molecular flexibility index (Phi) is 34.3. The highest BCUT2D eigenvalue weighted by Gasteiger charge is 2.24. The number of rotatable bonds is 18. The van der Waals surface area contributed by atoms with Crippen molar-refractivity contribution in [3.63, 3.8) is 0 Å². The zero-order chi connectivity index (χ0) is 73.8. The average molecular weight is 1420 g/mol. The van der Waals surface area contributed by atoms with Crippen molar-refractivity contribution in [2.24, 2.45) is 11.8 Å². The second-order valence-corrected chi connectivity index (χ2v) is 23.2. The molecule has 2 fully saturated rings. The molecule has 2 aliphatic rings. The van der Waals surface area contributed by atoms with Crippen molar-refractivity contribution in [3.05, 3.63) is 176 Å². The fraction of sp³-hybridized carbons (Fsp3) is 0.303. The molecule has 30 nitrogen and oxygen atoms in total. The fourth-order valence-electron chi connectivity index (χ4n) is 9.79. The van der Waals surface area contributed by atoms with Crippen LogP contribution in [0.2, 0.25) is 0 Å². The Bertz CT molecular complexity index is 3620. The lowest BCUT2D eigenvalue weighted by molar-refractivity contribution is -0.345. The number of imidazole rings is 2. The van der Waals surface area contributed by atoms with Gasteiger partial charge in [0.05, 0.1) is 94.6 Å². The van der Waals surface area contributed by atoms with Crippen LogP contribution >= 0.6 is 22.7 Å². The van der Waals surface area contributed by atoms with Gasteiger partial charge in [0, 0.05) is 52.1 Å². The van der Waals surface area contributed by atoms with E-state index in [2.05, 4.69) is 53.8 Å². The van der Waals surface area contributed by atoms with Gasteiger partial charge in [-0.05, 0) is 168 Å². The lowest BCUT2D eigenvalue weighted by Gasteiger charge is -2.32. The minimum Gasteiger partial charge on any atom is -0.543 e. The van der Waals surface area contributed by atoms with Crippen molar-refractivity contribution < 1.29 is 117 Å². The van der Waals surface area contributed by atoms with E-state index in [9.17, 15) is 18.4 Å². The van der Waals surface area contributed by atoms with Gasteiger partial charge in [0.15, 0.2) is 0 Å². The number of para-hydroxylation sites is 4. The predicted molar refractivity (Wildman–Crippen MR) is 328 cm³/mol. The molecular weight excluding hydrogens is 1360 g/mol. The minimum absolute atomic E-state index is 0.0957. The Morgan fingerprint density at radius 3 is 0.960 bits per heavy atom. The molecule has 0 aliphatic carbocycles. The molecule has 100 heavy (non-hydrogen) atoms. The monoisotopic (exact) mass is 1420 g/mol. The normalized spacial score (nSPS) is 12.7. The molecular formula is C66H62F2N8O22S2-10. The molecule has 2 N–H and O–H groups in total. The standard InChI is InChI=1S/2C28H31FN4OS.5C2H2O4/c2*29-24-7-5-22(6-8-24)19-33-26-4-2-1-3-25(26)31-27(33)17-21-9-13-32(14-10-21)15-12-30-28(34)18-23-11-16-35-20-23;5*3-1(4)2(5)6/h2*1-8,11,16,20-21H,9-10,12-15,17-19H2,(H,30,34);5*(H,3,4)(H,5,6)/p-10. The maximum absolute atomic E-state index is 13.4. The van der Waals surface area contributed by atoms with Crippen LogP contribution in [0.4, 0.5) is 8.78 Å². The summed E-state index contributed by atoms with van der Waals surface area (Å²) in [7, 11) is 0. The number of nitrogens with one attached hydrogen (secondary N) is 2. The first kappa shape index (κ1) is 81.1. The zero-order valence-corrected chi connectivity index (χ0v) is 54.5. The number of piperidine rings is 2. The summed E-state index contributed by atoms with van der Waals surface area (Å²) in [6, 6.07) is 34.0. The van der Waals surface area contributed by atoms with Gasteiger partial charge in [-0.25, -0.2) is 18.7 Å². The van der Waals surface area contributed by atoms with E-state index in [-0.39, 0.29) is 23.4 Å². The van der Waals surface area contributed by atoms with Gasteiger partial charge in [-0.2, -0.15) is 22.7 Å². The summed E-state index contributed by atoms with van der Waals surface area (Å²) in [6.45, 7) is 8.75. The number of amides is 2. The highest BCUT2D eigenvalue weighted by atomic mass is 32.1. The topological polar surface area (TPSA) is 502 Å². The molecule has 0 atom stereocenters. The first-order chi connectivity index (χ1) is 47.5. The van der Waals surface area contributed by atoms with Gasteiger partial charge < -0.3 is 129 Å². The van der Waals surface area contributed by atoms with Crippen LogP contribution in [0.1, 0.15) is 59.6 Å². The van der Waals surface area contributed by atoms with Gasteiger partial charge in [-0.3, -0.25) is 9.59 Å². The lowest BCUT2D eigenvalue weighted by atomic mass is 9.93. The molecule has 2 saturated heterocycles. The van der Waals surface area contributed by atoms with Gasteiger partial charge in [0.1, 0.15) is 23.3 Å². The molecule has 8 aromatic rings. The molecule has 0 saturated carbocycles. The van der Waals surface area contributed by atoms with Crippen molar-refractivity contribution >= 4 is 116 Å². The van der Waals surface area contributed by atoms with Crippen LogP contribution in [0.25, 0.3) is 22.1 Å². The van der Waals surface area contributed by atoms with Gasteiger partial charge in [0.25, 0.3) is 0 Å². The molecule has 534 valence electrons. The number of carbonyl (C=O) groups is 12. The summed E-state index contributed by atoms with van der Waals surface area (Å²) in [5, 5.41) is 103. The van der Waals surface area contributed by atoms with E-state index in [1.807, 2.05) is 82.2 Å². The van der Waals surface area contributed by atoms with E-state index in [0.717, 1.165) is 134 Å². The Balaban J connectivity index is 0.000000302. The van der Waals surface area contributed by atoms with Crippen molar-refractivity contribution in [1.82, 2.24) is 39.5 Å². The fourth-order valence-corrected chi connectivity index (χ4v) is 11.1. The highest BCUT2D eigenvalue weighted by molar-refractivity contribution is 7.08. The molecule has 34 heteroatoms. The third-order valence-electron chi connectivity index (χ3n) is 14.6. The SMILES string of the molecule is O=C(Cc1ccsc1)NCCN1CCC(Cc2nc3ccccc3n2Cc2ccc(F)cc2)CC1.O=C(Cc1ccsc1)NCCN1CCC(Cc2nc3ccccc3n2Cc2ccc(F)cc2)CC1.O=C([O-])C(=O)[O-].O=C([O-])C(=O)[O-].O=C([O-])C(=O)[O-].O=C([O-])C(=O)[O-].O=C([O-])C(=O)[O-]. The van der Waals surface area contributed by atoms with Crippen LogP contribution in [0.3, 0.4) is 0 Å². The number of hydrogen-bond donors (Lipinski definition) is 2. The largest absolute Gasteiger partial charge is 0.543 e.